The van der Waals surface area contributed by atoms with E-state index in [1.54, 1.807) is 28.4 Å². The maximum Gasteiger partial charge on any atom is 0.244 e. The normalized spacial score (nSPS) is 11.0. The van der Waals surface area contributed by atoms with E-state index in [0.717, 1.165) is 27.7 Å². The number of carbonyl (C=O) groups is 1. The third-order valence-corrected chi connectivity index (χ3v) is 5.31. The monoisotopic (exact) mass is 392 g/mol. The van der Waals surface area contributed by atoms with Crippen molar-refractivity contribution in [3.05, 3.63) is 64.6 Å². The molecule has 4 aromatic heterocycles. The Morgan fingerprint density at radius 3 is 2.75 bits per heavy atom. The highest BCUT2D eigenvalue weighted by Crippen LogP contribution is 2.28. The zero-order valence-corrected chi connectivity index (χ0v) is 16.7. The van der Waals surface area contributed by atoms with Gasteiger partial charge < -0.3 is 9.88 Å². The number of aryl methyl sites for hydroxylation is 2. The Morgan fingerprint density at radius 2 is 2.11 bits per heavy atom. The van der Waals surface area contributed by atoms with Gasteiger partial charge in [-0.1, -0.05) is 0 Å². The lowest BCUT2D eigenvalue weighted by molar-refractivity contribution is -0.116. The molecule has 0 saturated heterocycles. The van der Waals surface area contributed by atoms with Gasteiger partial charge in [0.25, 0.3) is 0 Å². The predicted molar refractivity (Wildman–Crippen MR) is 110 cm³/mol. The highest BCUT2D eigenvalue weighted by atomic mass is 32.1. The summed E-state index contributed by atoms with van der Waals surface area (Å²) in [4.78, 5) is 21.5. The second-order valence-electron chi connectivity index (χ2n) is 6.53. The van der Waals surface area contributed by atoms with Crippen LogP contribution in [0.4, 0.5) is 5.69 Å². The van der Waals surface area contributed by atoms with Crippen molar-refractivity contribution in [3.63, 3.8) is 0 Å². The van der Waals surface area contributed by atoms with Crippen LogP contribution in [0, 0.1) is 20.8 Å². The second-order valence-corrected chi connectivity index (χ2v) is 7.59. The molecular formula is C20H20N6OS. The van der Waals surface area contributed by atoms with E-state index in [-0.39, 0.29) is 12.5 Å². The number of pyridine rings is 1. The lowest BCUT2D eigenvalue weighted by Gasteiger charge is -2.11. The third-order valence-electron chi connectivity index (χ3n) is 4.54. The van der Waals surface area contributed by atoms with Crippen LogP contribution in [0.15, 0.2) is 48.2 Å². The summed E-state index contributed by atoms with van der Waals surface area (Å²) in [6.07, 6.45) is 5.15. The average Bonchev–Trinajstić information content (AvgIpc) is 3.40. The number of nitrogens with one attached hydrogen (secondary N) is 1. The first kappa shape index (κ1) is 18.1. The van der Waals surface area contributed by atoms with E-state index in [4.69, 9.17) is 0 Å². The fourth-order valence-electron chi connectivity index (χ4n) is 3.13. The first-order chi connectivity index (χ1) is 13.5. The highest BCUT2D eigenvalue weighted by Gasteiger charge is 2.15. The molecular weight excluding hydrogens is 372 g/mol. The van der Waals surface area contributed by atoms with Gasteiger partial charge in [-0.25, -0.2) is 14.6 Å². The first-order valence-electron chi connectivity index (χ1n) is 8.86. The van der Waals surface area contributed by atoms with Crippen LogP contribution in [-0.2, 0) is 11.3 Å². The molecule has 1 amide bonds. The molecule has 8 heteroatoms. The lowest BCUT2D eigenvalue weighted by atomic mass is 10.2. The van der Waals surface area contributed by atoms with Gasteiger partial charge >= 0.3 is 0 Å². The van der Waals surface area contributed by atoms with Gasteiger partial charge in [-0.3, -0.25) is 4.79 Å². The molecule has 0 radical (unpaired) electrons. The average molecular weight is 392 g/mol. The first-order valence-corrected chi connectivity index (χ1v) is 9.74. The van der Waals surface area contributed by atoms with Crippen LogP contribution in [0.5, 0.6) is 0 Å². The molecule has 0 aliphatic heterocycles. The van der Waals surface area contributed by atoms with Crippen molar-refractivity contribution in [1.82, 2.24) is 24.3 Å². The maximum atomic E-state index is 12.6. The summed E-state index contributed by atoms with van der Waals surface area (Å²) >= 11 is 1.63. The second kappa shape index (κ2) is 7.40. The van der Waals surface area contributed by atoms with Crippen molar-refractivity contribution >= 4 is 22.9 Å². The zero-order valence-electron chi connectivity index (χ0n) is 15.9. The van der Waals surface area contributed by atoms with Crippen LogP contribution in [0.3, 0.4) is 0 Å². The molecule has 0 aliphatic rings. The smallest absolute Gasteiger partial charge is 0.244 e. The van der Waals surface area contributed by atoms with Crippen molar-refractivity contribution in [3.8, 4) is 17.1 Å². The number of rotatable bonds is 5. The number of thiazole rings is 1. The molecule has 0 saturated carbocycles. The molecule has 1 N–H and O–H groups in total. The zero-order chi connectivity index (χ0) is 19.7. The molecule has 0 unspecified atom stereocenters. The molecule has 0 aliphatic carbocycles. The van der Waals surface area contributed by atoms with Crippen LogP contribution in [-0.4, -0.2) is 30.2 Å². The summed E-state index contributed by atoms with van der Waals surface area (Å²) in [6.45, 7) is 6.25. The van der Waals surface area contributed by atoms with E-state index >= 15 is 0 Å². The molecule has 0 fully saturated rings. The molecule has 28 heavy (non-hydrogen) atoms. The van der Waals surface area contributed by atoms with Gasteiger partial charge in [0.05, 0.1) is 22.6 Å². The van der Waals surface area contributed by atoms with Crippen LogP contribution in [0.25, 0.3) is 17.1 Å². The Morgan fingerprint density at radius 1 is 1.25 bits per heavy atom. The van der Waals surface area contributed by atoms with Crippen LogP contribution >= 0.6 is 11.3 Å². The van der Waals surface area contributed by atoms with Crippen LogP contribution in [0.2, 0.25) is 0 Å². The SMILES string of the molecule is Cc1nc(-c2cc(C)n(CC(=O)Nc3ccc(-n4cccn4)nc3)c2C)cs1. The van der Waals surface area contributed by atoms with Gasteiger partial charge in [0.1, 0.15) is 6.54 Å². The summed E-state index contributed by atoms with van der Waals surface area (Å²) in [6, 6.07) is 7.55. The Labute approximate surface area is 166 Å². The van der Waals surface area contributed by atoms with Gasteiger partial charge in [-0.05, 0) is 45.0 Å². The number of hydrogen-bond acceptors (Lipinski definition) is 5. The van der Waals surface area contributed by atoms with Crippen molar-refractivity contribution < 1.29 is 4.79 Å². The number of anilines is 1. The van der Waals surface area contributed by atoms with Crippen LogP contribution < -0.4 is 5.32 Å². The van der Waals surface area contributed by atoms with Crippen molar-refractivity contribution in [2.75, 3.05) is 5.32 Å². The van der Waals surface area contributed by atoms with Crippen LogP contribution in [0.1, 0.15) is 16.4 Å². The molecule has 0 bridgehead atoms. The standard InChI is InChI=1S/C20H20N6OS/c1-13-9-17(18-12-28-15(3)23-18)14(2)25(13)11-20(27)24-16-5-6-19(21-10-16)26-8-4-7-22-26/h4-10,12H,11H2,1-3H3,(H,24,27). The molecule has 142 valence electrons. The highest BCUT2D eigenvalue weighted by molar-refractivity contribution is 7.09. The van der Waals surface area contributed by atoms with Crippen molar-refractivity contribution in [1.29, 1.82) is 0 Å². The Bertz CT molecular complexity index is 1110. The Balaban J connectivity index is 1.47. The number of hydrogen-bond donors (Lipinski definition) is 1. The minimum Gasteiger partial charge on any atom is -0.339 e. The third kappa shape index (κ3) is 3.59. The van der Waals surface area contributed by atoms with E-state index in [1.807, 2.05) is 55.1 Å². The number of aromatic nitrogens is 5. The maximum absolute atomic E-state index is 12.6. The minimum atomic E-state index is -0.101. The fourth-order valence-corrected chi connectivity index (χ4v) is 3.75. The Hall–Kier alpha value is -3.26. The quantitative estimate of drug-likeness (QED) is 0.561. The molecule has 0 aromatic carbocycles. The summed E-state index contributed by atoms with van der Waals surface area (Å²) in [5, 5.41) is 10.1. The number of nitrogens with zero attached hydrogens (tertiary/aromatic N) is 5. The molecule has 0 spiro atoms. The van der Waals surface area contributed by atoms with E-state index in [2.05, 4.69) is 26.4 Å². The molecule has 4 aromatic rings. The summed E-state index contributed by atoms with van der Waals surface area (Å²) in [5.74, 6) is 0.597. The fraction of sp³-hybridized carbons (Fsp3) is 0.200. The predicted octanol–water partition coefficient (Wildman–Crippen LogP) is 3.76. The molecule has 4 heterocycles. The molecule has 4 rings (SSSR count). The molecule has 0 atom stereocenters. The summed E-state index contributed by atoms with van der Waals surface area (Å²) in [5.41, 5.74) is 4.74. The minimum absolute atomic E-state index is 0.101. The van der Waals surface area contributed by atoms with Crippen molar-refractivity contribution in [2.24, 2.45) is 0 Å². The van der Waals surface area contributed by atoms with Gasteiger partial charge in [0.15, 0.2) is 5.82 Å². The van der Waals surface area contributed by atoms with E-state index < -0.39 is 0 Å². The van der Waals surface area contributed by atoms with Crippen molar-refractivity contribution in [2.45, 2.75) is 27.3 Å². The number of carbonyl (C=O) groups excluding carboxylic acids is 1. The van der Waals surface area contributed by atoms with E-state index in [0.29, 0.717) is 11.5 Å². The van der Waals surface area contributed by atoms with Gasteiger partial charge in [-0.15, -0.1) is 11.3 Å². The van der Waals surface area contributed by atoms with E-state index in [9.17, 15) is 4.79 Å². The largest absolute Gasteiger partial charge is 0.339 e. The van der Waals surface area contributed by atoms with Gasteiger partial charge in [0.2, 0.25) is 5.91 Å². The summed E-state index contributed by atoms with van der Waals surface area (Å²) in [7, 11) is 0. The summed E-state index contributed by atoms with van der Waals surface area (Å²) < 4.78 is 3.67. The van der Waals surface area contributed by atoms with Gasteiger partial charge in [0, 0.05) is 34.7 Å². The van der Waals surface area contributed by atoms with E-state index in [1.165, 1.54) is 0 Å². The lowest BCUT2D eigenvalue weighted by Crippen LogP contribution is -2.20. The topological polar surface area (TPSA) is 77.6 Å². The Kier molecular flexibility index (Phi) is 4.79. The molecule has 7 nitrogen and oxygen atoms in total. The van der Waals surface area contributed by atoms with Gasteiger partial charge in [-0.2, -0.15) is 5.10 Å². The number of amides is 1.